The largest absolute Gasteiger partial charge is 0.488 e. The number of hydrogen-bond donors (Lipinski definition) is 7. The van der Waals surface area contributed by atoms with E-state index in [1.54, 1.807) is 72.7 Å². The van der Waals surface area contributed by atoms with Crippen LogP contribution in [0.3, 0.4) is 0 Å². The molecular formula is C44H77BN2O14. The van der Waals surface area contributed by atoms with Crippen LogP contribution in [-0.2, 0) is 39.8 Å². The van der Waals surface area contributed by atoms with Gasteiger partial charge in [-0.05, 0) is 98.8 Å². The zero-order chi connectivity index (χ0) is 45.9. The minimum absolute atomic E-state index is 0.0913. The molecule has 3 heterocycles. The number of carbonyl (C=O) groups excluding carboxylic acids is 1. The molecule has 61 heavy (non-hydrogen) atoms. The average molecular weight is 869 g/mol. The molecule has 0 aliphatic carbocycles. The van der Waals surface area contributed by atoms with Crippen molar-refractivity contribution in [3.8, 4) is 0 Å². The van der Waals surface area contributed by atoms with Crippen LogP contribution in [0.15, 0.2) is 24.3 Å². The minimum Gasteiger partial charge on any atom is -0.459 e. The molecular weight excluding hydrogens is 791 g/mol. The van der Waals surface area contributed by atoms with Crippen molar-refractivity contribution in [3.63, 3.8) is 0 Å². The summed E-state index contributed by atoms with van der Waals surface area (Å²) >= 11 is 0. The Bertz CT molecular complexity index is 1560. The third-order valence-electron chi connectivity index (χ3n) is 13.9. The quantitative estimate of drug-likeness (QED) is 0.130. The first-order valence-corrected chi connectivity index (χ1v) is 22.0. The first-order valence-electron chi connectivity index (χ1n) is 22.0. The number of methoxy groups -OCH3 is 1. The van der Waals surface area contributed by atoms with Crippen LogP contribution in [0.25, 0.3) is 0 Å². The second kappa shape index (κ2) is 21.0. The first kappa shape index (κ1) is 51.8. The number of aliphatic hydroxyl groups excluding tert-OH is 3. The van der Waals surface area contributed by atoms with Gasteiger partial charge in [0, 0.05) is 44.6 Å². The minimum atomic E-state index is -1.84. The number of benzene rings is 1. The van der Waals surface area contributed by atoms with E-state index in [4.69, 9.17) is 28.4 Å². The molecule has 16 nitrogen and oxygen atoms in total. The third-order valence-corrected chi connectivity index (χ3v) is 13.9. The molecule has 0 saturated carbocycles. The standard InChI is InChI=1S/C44H77BN2O14/c1-14-33-44(10,53)37(49)28(6)46(11)22-24(2)20-42(8,52)39(26(4)36(27(5)40(51)59-33)60-34-21-43(9,56-13)38(50)29(7)58-34)61-41-35(48)32(19-25(3)57-41)47(12)23-30-17-15-16-18-31(30)45(54)55/h15-18,24-29,32-39,41,48-50,52-55H,14,19-23H2,1-13H3/t24-,25-,26+,27-,28-,29+,32+,33-,34+,35-,36+,37-,38+,39-,41+,42-,43-,44-/m1/s1. The summed E-state index contributed by atoms with van der Waals surface area (Å²) in [7, 11) is 3.47. The molecule has 3 aliphatic rings. The van der Waals surface area contributed by atoms with E-state index in [0.717, 1.165) is 0 Å². The smallest absolute Gasteiger partial charge is 0.459 e. The predicted molar refractivity (Wildman–Crippen MR) is 228 cm³/mol. The van der Waals surface area contributed by atoms with E-state index in [0.29, 0.717) is 24.0 Å². The molecule has 350 valence electrons. The molecule has 0 aromatic heterocycles. The van der Waals surface area contributed by atoms with Gasteiger partial charge in [0.15, 0.2) is 12.6 Å². The van der Waals surface area contributed by atoms with Gasteiger partial charge in [-0.2, -0.15) is 0 Å². The second-order valence-electron chi connectivity index (χ2n) is 19.2. The molecule has 1 aromatic rings. The first-order chi connectivity index (χ1) is 28.3. The SMILES string of the molecule is CC[C@H]1OC(=O)[C@H](C)[C@@H](O[C@H]2C[C@@](C)(OC)[C@@H](O)[C@H](C)O2)[C@H](C)[C@@H](O[C@@H]2O[C@H](C)C[C@H](N(C)Cc3ccccc3B(O)O)[C@H]2O)[C@](C)(O)C[C@@H](C)CN(C)[C@H](C)[C@@H](O)[C@]1(C)O. The lowest BCUT2D eigenvalue weighted by Gasteiger charge is -2.49. The zero-order valence-electron chi connectivity index (χ0n) is 38.7. The van der Waals surface area contributed by atoms with Crippen LogP contribution in [-0.4, -0.2) is 177 Å². The van der Waals surface area contributed by atoms with E-state index in [-0.39, 0.29) is 31.7 Å². The van der Waals surface area contributed by atoms with Crippen molar-refractivity contribution in [1.82, 2.24) is 9.80 Å². The number of likely N-dealkylation sites (N-methyl/N-ethyl adjacent to an activating group) is 2. The molecule has 3 aliphatic heterocycles. The van der Waals surface area contributed by atoms with E-state index in [1.807, 2.05) is 37.7 Å². The molecule has 0 unspecified atom stereocenters. The molecule has 0 amide bonds. The maximum absolute atomic E-state index is 14.4. The second-order valence-corrected chi connectivity index (χ2v) is 19.2. The summed E-state index contributed by atoms with van der Waals surface area (Å²) in [6.07, 6.45) is -9.38. The Morgan fingerprint density at radius 1 is 0.951 bits per heavy atom. The maximum atomic E-state index is 14.4. The molecule has 0 spiro atoms. The average Bonchev–Trinajstić information content (AvgIpc) is 3.19. The van der Waals surface area contributed by atoms with Gasteiger partial charge in [0.1, 0.15) is 30.0 Å². The Balaban J connectivity index is 1.80. The van der Waals surface area contributed by atoms with E-state index in [9.17, 15) is 40.4 Å². The normalized spacial score (nSPS) is 44.0. The fraction of sp³-hybridized carbons (Fsp3) is 0.841. The van der Waals surface area contributed by atoms with Gasteiger partial charge in [-0.3, -0.25) is 9.69 Å². The van der Waals surface area contributed by atoms with Gasteiger partial charge in [0.2, 0.25) is 0 Å². The summed E-state index contributed by atoms with van der Waals surface area (Å²) in [5, 5.41) is 79.3. The molecule has 7 N–H and O–H groups in total. The van der Waals surface area contributed by atoms with Gasteiger partial charge in [-0.25, -0.2) is 0 Å². The van der Waals surface area contributed by atoms with E-state index < -0.39 is 115 Å². The highest BCUT2D eigenvalue weighted by Crippen LogP contribution is 2.40. The Kier molecular flexibility index (Phi) is 17.8. The van der Waals surface area contributed by atoms with Crippen molar-refractivity contribution in [2.75, 3.05) is 27.7 Å². The predicted octanol–water partition coefficient (Wildman–Crippen LogP) is 1.15. The summed E-state index contributed by atoms with van der Waals surface area (Å²) < 4.78 is 38.0. The van der Waals surface area contributed by atoms with Gasteiger partial charge < -0.3 is 68.9 Å². The van der Waals surface area contributed by atoms with Crippen LogP contribution in [0.2, 0.25) is 0 Å². The number of rotatable bonds is 10. The van der Waals surface area contributed by atoms with Gasteiger partial charge in [0.25, 0.3) is 0 Å². The summed E-state index contributed by atoms with van der Waals surface area (Å²) in [5.74, 6) is -2.84. The summed E-state index contributed by atoms with van der Waals surface area (Å²) in [4.78, 5) is 18.2. The molecule has 18 atom stereocenters. The van der Waals surface area contributed by atoms with Gasteiger partial charge in [-0.15, -0.1) is 0 Å². The highest BCUT2D eigenvalue weighted by atomic mass is 16.7. The maximum Gasteiger partial charge on any atom is 0.488 e. The lowest BCUT2D eigenvalue weighted by atomic mass is 9.77. The van der Waals surface area contributed by atoms with Crippen LogP contribution in [0.5, 0.6) is 0 Å². The molecule has 3 saturated heterocycles. The summed E-state index contributed by atoms with van der Waals surface area (Å²) in [6.45, 7) is 18.0. The lowest BCUT2D eigenvalue weighted by Crippen LogP contribution is -2.60. The van der Waals surface area contributed by atoms with Crippen molar-refractivity contribution < 1.29 is 68.8 Å². The summed E-state index contributed by atoms with van der Waals surface area (Å²) in [6, 6.07) is 5.87. The Labute approximate surface area is 363 Å². The molecule has 0 bridgehead atoms. The van der Waals surface area contributed by atoms with Crippen LogP contribution in [0.1, 0.15) is 100 Å². The molecule has 0 radical (unpaired) electrons. The summed E-state index contributed by atoms with van der Waals surface area (Å²) in [5.41, 5.74) is -3.53. The zero-order valence-corrected chi connectivity index (χ0v) is 38.7. The van der Waals surface area contributed by atoms with Crippen molar-refractivity contribution in [2.24, 2.45) is 17.8 Å². The van der Waals surface area contributed by atoms with Gasteiger partial charge in [0.05, 0.1) is 41.5 Å². The van der Waals surface area contributed by atoms with Gasteiger partial charge in [-0.1, -0.05) is 45.0 Å². The van der Waals surface area contributed by atoms with Crippen molar-refractivity contribution >= 4 is 18.6 Å². The fourth-order valence-corrected chi connectivity index (χ4v) is 9.98. The number of hydrogen-bond acceptors (Lipinski definition) is 16. The number of ether oxygens (including phenoxy) is 6. The number of carbonyl (C=O) groups is 1. The van der Waals surface area contributed by atoms with Crippen molar-refractivity contribution in [3.05, 3.63) is 29.8 Å². The Morgan fingerprint density at radius 2 is 1.59 bits per heavy atom. The van der Waals surface area contributed by atoms with E-state index in [1.165, 1.54) is 14.0 Å². The third kappa shape index (κ3) is 11.9. The number of esters is 1. The molecule has 3 fully saturated rings. The fourth-order valence-electron chi connectivity index (χ4n) is 9.98. The molecule has 4 rings (SSSR count). The number of cyclic esters (lactones) is 1. The Morgan fingerprint density at radius 3 is 2.20 bits per heavy atom. The van der Waals surface area contributed by atoms with Gasteiger partial charge >= 0.3 is 13.1 Å². The topological polar surface area (TPSA) is 221 Å². The van der Waals surface area contributed by atoms with Crippen molar-refractivity contribution in [2.45, 2.75) is 192 Å². The van der Waals surface area contributed by atoms with E-state index in [2.05, 4.69) is 0 Å². The molecule has 1 aromatic carbocycles. The van der Waals surface area contributed by atoms with Crippen LogP contribution >= 0.6 is 0 Å². The van der Waals surface area contributed by atoms with Crippen LogP contribution in [0.4, 0.5) is 0 Å². The lowest BCUT2D eigenvalue weighted by molar-refractivity contribution is -0.318. The van der Waals surface area contributed by atoms with E-state index >= 15 is 0 Å². The highest BCUT2D eigenvalue weighted by molar-refractivity contribution is 6.59. The highest BCUT2D eigenvalue weighted by Gasteiger charge is 2.53. The number of aliphatic hydroxyl groups is 5. The van der Waals surface area contributed by atoms with Crippen LogP contribution in [0, 0.1) is 17.8 Å². The Hall–Kier alpha value is -1.81. The van der Waals surface area contributed by atoms with Crippen LogP contribution < -0.4 is 5.46 Å². The van der Waals surface area contributed by atoms with Crippen molar-refractivity contribution in [1.29, 1.82) is 0 Å². The molecule has 17 heteroatoms. The monoisotopic (exact) mass is 869 g/mol. The number of nitrogens with zero attached hydrogens (tertiary/aromatic N) is 2.